The molecule has 1 heterocycles. The molecule has 5 nitrogen and oxygen atoms in total. The summed E-state index contributed by atoms with van der Waals surface area (Å²) in [5, 5.41) is 5.05. The number of carbonyl (C=O) groups is 2. The molecule has 8 heteroatoms. The van der Waals surface area contributed by atoms with Gasteiger partial charge in [0.15, 0.2) is 0 Å². The van der Waals surface area contributed by atoms with Crippen LogP contribution in [0.15, 0.2) is 5.38 Å². The average molecular weight is 414 g/mol. The van der Waals surface area contributed by atoms with Crippen LogP contribution in [-0.2, 0) is 9.32 Å². The summed E-state index contributed by atoms with van der Waals surface area (Å²) in [6.07, 6.45) is 1.40. The lowest BCUT2D eigenvalue weighted by molar-refractivity contribution is -0.105. The molecule has 0 radical (unpaired) electrons. The first kappa shape index (κ1) is 16.8. The second-order valence-corrected chi connectivity index (χ2v) is 6.53. The first-order valence-corrected chi connectivity index (χ1v) is 10.5. The molecule has 1 aromatic heterocycles. The van der Waals surface area contributed by atoms with E-state index in [1.807, 2.05) is 12.3 Å². The average Bonchev–Trinajstić information content (AvgIpc) is 2.75. The molecule has 106 valence electrons. The van der Waals surface area contributed by atoms with Crippen molar-refractivity contribution in [2.75, 3.05) is 25.5 Å². The van der Waals surface area contributed by atoms with Crippen molar-refractivity contribution in [3.05, 3.63) is 16.5 Å². The summed E-state index contributed by atoms with van der Waals surface area (Å²) < 4.78 is 5.26. The van der Waals surface area contributed by atoms with Crippen molar-refractivity contribution in [1.29, 1.82) is 0 Å². The third kappa shape index (κ3) is 4.98. The molecule has 1 rings (SSSR count). The van der Waals surface area contributed by atoms with E-state index in [0.29, 0.717) is 36.6 Å². The van der Waals surface area contributed by atoms with E-state index in [1.54, 1.807) is 11.9 Å². The minimum Gasteiger partial charge on any atom is -0.352 e. The van der Waals surface area contributed by atoms with Crippen LogP contribution in [0.3, 0.4) is 0 Å². The lowest BCUT2D eigenvalue weighted by Crippen LogP contribution is -2.29. The molecule has 1 N–H and O–H groups in total. The monoisotopic (exact) mass is 414 g/mol. The normalized spacial score (nSPS) is 10.9. The molecule has 0 aliphatic heterocycles. The van der Waals surface area contributed by atoms with Crippen LogP contribution < -0.4 is 5.32 Å². The Morgan fingerprint density at radius 3 is 3.05 bits per heavy atom. The molecule has 0 saturated carbocycles. The van der Waals surface area contributed by atoms with Crippen LogP contribution in [0.25, 0.3) is 0 Å². The van der Waals surface area contributed by atoms with Gasteiger partial charge in [-0.05, 0) is 46.3 Å². The molecule has 0 bridgehead atoms. The molecule has 0 spiro atoms. The first-order chi connectivity index (χ1) is 9.11. The zero-order valence-corrected chi connectivity index (χ0v) is 14.7. The SMILES string of the molecule is Cc1csc(NC=O)c1C(=O)N(C)CCCOPI. The highest BCUT2D eigenvalue weighted by molar-refractivity contribution is 14.2. The summed E-state index contributed by atoms with van der Waals surface area (Å²) in [5.74, 6) is -0.0694. The van der Waals surface area contributed by atoms with Crippen molar-refractivity contribution in [2.24, 2.45) is 0 Å². The lowest BCUT2D eigenvalue weighted by Gasteiger charge is -2.17. The quantitative estimate of drug-likeness (QED) is 0.308. The summed E-state index contributed by atoms with van der Waals surface area (Å²) in [6.45, 7) is 3.61. The maximum absolute atomic E-state index is 12.3. The largest absolute Gasteiger partial charge is 0.352 e. The number of hydrogen-bond donors (Lipinski definition) is 1. The molecular formula is C11H16IN2O3PS. The number of carbonyl (C=O) groups excluding carboxylic acids is 2. The van der Waals surface area contributed by atoms with Gasteiger partial charge < -0.3 is 14.7 Å². The van der Waals surface area contributed by atoms with Crippen LogP contribution in [-0.4, -0.2) is 37.4 Å². The number of hydrogen-bond acceptors (Lipinski definition) is 4. The van der Waals surface area contributed by atoms with E-state index in [1.165, 1.54) is 11.3 Å². The van der Waals surface area contributed by atoms with Gasteiger partial charge >= 0.3 is 0 Å². The smallest absolute Gasteiger partial charge is 0.256 e. The summed E-state index contributed by atoms with van der Waals surface area (Å²) in [6, 6.07) is 0. The van der Waals surface area contributed by atoms with E-state index in [0.717, 1.165) is 12.0 Å². The minimum atomic E-state index is -0.0694. The summed E-state index contributed by atoms with van der Waals surface area (Å²) in [7, 11) is 1.76. The van der Waals surface area contributed by atoms with Gasteiger partial charge in [0, 0.05) is 13.6 Å². The number of aryl methyl sites for hydroxylation is 1. The molecule has 0 aliphatic carbocycles. The maximum atomic E-state index is 12.3. The summed E-state index contributed by atoms with van der Waals surface area (Å²) in [5.41, 5.74) is 1.47. The molecule has 1 atom stereocenters. The van der Waals surface area contributed by atoms with E-state index < -0.39 is 0 Å². The number of anilines is 1. The van der Waals surface area contributed by atoms with Crippen molar-refractivity contribution >= 4 is 57.1 Å². The summed E-state index contributed by atoms with van der Waals surface area (Å²) in [4.78, 5) is 24.5. The van der Waals surface area contributed by atoms with E-state index in [9.17, 15) is 9.59 Å². The molecule has 0 saturated heterocycles. The van der Waals surface area contributed by atoms with E-state index >= 15 is 0 Å². The Balaban J connectivity index is 2.65. The molecule has 0 fully saturated rings. The topological polar surface area (TPSA) is 58.6 Å². The minimum absolute atomic E-state index is 0.0694. The predicted molar refractivity (Wildman–Crippen MR) is 88.6 cm³/mol. The molecule has 1 unspecified atom stereocenters. The number of rotatable bonds is 8. The zero-order valence-electron chi connectivity index (χ0n) is 10.7. The van der Waals surface area contributed by atoms with Crippen molar-refractivity contribution in [1.82, 2.24) is 4.90 Å². The van der Waals surface area contributed by atoms with E-state index in [-0.39, 0.29) is 5.91 Å². The standard InChI is InChI=1S/C11H16IN2O3PS/c1-8-6-19-10(13-7-15)9(8)11(16)14(2)4-3-5-17-18-12/h6-7,18H,3-5H2,1-2H3,(H,13,15). The van der Waals surface area contributed by atoms with Crippen molar-refractivity contribution < 1.29 is 14.1 Å². The third-order valence-electron chi connectivity index (χ3n) is 2.52. The highest BCUT2D eigenvalue weighted by atomic mass is 127. The zero-order chi connectivity index (χ0) is 14.3. The van der Waals surface area contributed by atoms with Gasteiger partial charge in [-0.25, -0.2) is 0 Å². The van der Waals surface area contributed by atoms with Gasteiger partial charge in [0.2, 0.25) is 6.41 Å². The number of nitrogens with one attached hydrogen (secondary N) is 1. The van der Waals surface area contributed by atoms with Crippen LogP contribution in [0.4, 0.5) is 5.00 Å². The van der Waals surface area contributed by atoms with Crippen molar-refractivity contribution in [3.63, 3.8) is 0 Å². The fraction of sp³-hybridized carbons (Fsp3) is 0.455. The second kappa shape index (κ2) is 8.84. The molecule has 19 heavy (non-hydrogen) atoms. The third-order valence-corrected chi connectivity index (χ3v) is 4.80. The Morgan fingerprint density at radius 1 is 1.68 bits per heavy atom. The highest BCUT2D eigenvalue weighted by Gasteiger charge is 2.19. The Hall–Kier alpha value is -0.240. The fourth-order valence-corrected chi connectivity index (χ4v) is 3.35. The van der Waals surface area contributed by atoms with Crippen molar-refractivity contribution in [3.8, 4) is 0 Å². The lowest BCUT2D eigenvalue weighted by atomic mass is 10.2. The number of halogens is 1. The highest BCUT2D eigenvalue weighted by Crippen LogP contribution is 2.28. The second-order valence-electron chi connectivity index (χ2n) is 3.89. The summed E-state index contributed by atoms with van der Waals surface area (Å²) >= 11 is 3.53. The molecular weight excluding hydrogens is 398 g/mol. The van der Waals surface area contributed by atoms with Gasteiger partial charge in [0.05, 0.1) is 18.6 Å². The van der Waals surface area contributed by atoms with Crippen LogP contribution in [0.1, 0.15) is 22.3 Å². The van der Waals surface area contributed by atoms with Gasteiger partial charge in [-0.3, -0.25) is 9.59 Å². The Morgan fingerprint density at radius 2 is 2.42 bits per heavy atom. The van der Waals surface area contributed by atoms with Crippen LogP contribution in [0, 0.1) is 6.92 Å². The van der Waals surface area contributed by atoms with Gasteiger partial charge in [-0.2, -0.15) is 0 Å². The van der Waals surface area contributed by atoms with Crippen LogP contribution in [0.5, 0.6) is 0 Å². The number of nitrogens with zero attached hydrogens (tertiary/aromatic N) is 1. The molecule has 1 aromatic rings. The van der Waals surface area contributed by atoms with E-state index in [2.05, 4.69) is 27.4 Å². The fourth-order valence-electron chi connectivity index (χ4n) is 1.57. The van der Waals surface area contributed by atoms with Gasteiger partial charge in [0.25, 0.3) is 5.91 Å². The van der Waals surface area contributed by atoms with Gasteiger partial charge in [0.1, 0.15) is 5.00 Å². The predicted octanol–water partition coefficient (Wildman–Crippen LogP) is 3.05. The molecule has 2 amide bonds. The van der Waals surface area contributed by atoms with Gasteiger partial charge in [-0.1, -0.05) is 0 Å². The number of thiophene rings is 1. The maximum Gasteiger partial charge on any atom is 0.256 e. The van der Waals surface area contributed by atoms with Crippen LogP contribution >= 0.6 is 39.8 Å². The number of amides is 2. The van der Waals surface area contributed by atoms with Crippen molar-refractivity contribution in [2.45, 2.75) is 13.3 Å². The van der Waals surface area contributed by atoms with Crippen LogP contribution in [0.2, 0.25) is 0 Å². The van der Waals surface area contributed by atoms with Gasteiger partial charge in [-0.15, -0.1) is 11.3 Å². The Kier molecular flexibility index (Phi) is 7.82. The van der Waals surface area contributed by atoms with E-state index in [4.69, 9.17) is 4.52 Å². The molecule has 0 aliphatic rings. The first-order valence-electron chi connectivity index (χ1n) is 5.63. The Labute approximate surface area is 131 Å². The Bertz CT molecular complexity index is 442. The molecule has 0 aromatic carbocycles.